The largest absolute Gasteiger partial charge is 0.507 e. The Kier molecular flexibility index (Phi) is 4.57. The van der Waals surface area contributed by atoms with Crippen LogP contribution in [0.3, 0.4) is 0 Å². The summed E-state index contributed by atoms with van der Waals surface area (Å²) in [6.45, 7) is 1.96. The average Bonchev–Trinajstić information content (AvgIpc) is 2.91. The van der Waals surface area contributed by atoms with Crippen LogP contribution in [0.4, 0.5) is 5.69 Å². The monoisotopic (exact) mass is 278 g/mol. The summed E-state index contributed by atoms with van der Waals surface area (Å²) in [6.07, 6.45) is 2.33. The van der Waals surface area contributed by atoms with E-state index in [1.165, 1.54) is 18.2 Å². The molecule has 0 aromatic heterocycles. The van der Waals surface area contributed by atoms with Gasteiger partial charge in [-0.15, -0.1) is 0 Å². The lowest BCUT2D eigenvalue weighted by Gasteiger charge is -2.09. The number of phenols is 1. The smallest absolute Gasteiger partial charge is 0.339 e. The van der Waals surface area contributed by atoms with E-state index in [9.17, 15) is 14.7 Å². The Labute approximate surface area is 116 Å². The van der Waals surface area contributed by atoms with Crippen LogP contribution in [0.5, 0.6) is 5.75 Å². The highest BCUT2D eigenvalue weighted by molar-refractivity contribution is 5.95. The van der Waals surface area contributed by atoms with Crippen molar-refractivity contribution >= 4 is 17.6 Å². The minimum atomic E-state index is -1.23. The molecule has 1 aliphatic heterocycles. The molecule has 0 spiro atoms. The minimum absolute atomic E-state index is 0.140. The molecule has 1 amide bonds. The number of aromatic carboxylic acids is 1. The van der Waals surface area contributed by atoms with Crippen molar-refractivity contribution in [1.29, 1.82) is 0 Å². The molecule has 0 radical (unpaired) electrons. The highest BCUT2D eigenvalue weighted by Gasteiger charge is 2.16. The highest BCUT2D eigenvalue weighted by Crippen LogP contribution is 2.22. The fraction of sp³-hybridized carbons (Fsp3) is 0.429. The Morgan fingerprint density at radius 3 is 2.85 bits per heavy atom. The molecule has 0 bridgehead atoms. The zero-order chi connectivity index (χ0) is 14.5. The topological polar surface area (TPSA) is 98.7 Å². The van der Waals surface area contributed by atoms with Gasteiger partial charge in [0.25, 0.3) is 0 Å². The molecule has 1 fully saturated rings. The highest BCUT2D eigenvalue weighted by atomic mass is 16.4. The molecule has 1 unspecified atom stereocenters. The number of anilines is 1. The van der Waals surface area contributed by atoms with E-state index in [1.807, 2.05) is 0 Å². The normalized spacial score (nSPS) is 17.9. The van der Waals surface area contributed by atoms with Crippen molar-refractivity contribution in [2.75, 3.05) is 18.4 Å². The first-order valence-electron chi connectivity index (χ1n) is 6.63. The van der Waals surface area contributed by atoms with Gasteiger partial charge in [0, 0.05) is 12.1 Å². The number of carboxylic acid groups (broad SMARTS) is 1. The summed E-state index contributed by atoms with van der Waals surface area (Å²) >= 11 is 0. The number of aromatic hydroxyl groups is 1. The van der Waals surface area contributed by atoms with Crippen LogP contribution in [0.1, 0.15) is 29.6 Å². The molecule has 4 N–H and O–H groups in total. The first-order valence-corrected chi connectivity index (χ1v) is 6.63. The minimum Gasteiger partial charge on any atom is -0.507 e. The summed E-state index contributed by atoms with van der Waals surface area (Å²) in [5, 5.41) is 24.2. The van der Waals surface area contributed by atoms with Crippen LogP contribution in [0.15, 0.2) is 18.2 Å². The van der Waals surface area contributed by atoms with Crippen LogP contribution in [0.2, 0.25) is 0 Å². The van der Waals surface area contributed by atoms with Crippen LogP contribution in [0.25, 0.3) is 0 Å². The number of benzene rings is 1. The van der Waals surface area contributed by atoms with Gasteiger partial charge in [0.2, 0.25) is 5.91 Å². The molecule has 108 valence electrons. The maximum Gasteiger partial charge on any atom is 0.339 e. The quantitative estimate of drug-likeness (QED) is 0.611. The number of carboxylic acids is 1. The third-order valence-corrected chi connectivity index (χ3v) is 3.45. The van der Waals surface area contributed by atoms with Crippen LogP contribution in [-0.4, -0.2) is 35.2 Å². The number of amides is 1. The third-order valence-electron chi connectivity index (χ3n) is 3.45. The van der Waals surface area contributed by atoms with Gasteiger partial charge in [-0.1, -0.05) is 0 Å². The van der Waals surface area contributed by atoms with Crippen molar-refractivity contribution < 1.29 is 19.8 Å². The number of nitrogens with one attached hydrogen (secondary N) is 2. The molecule has 2 rings (SSSR count). The van der Waals surface area contributed by atoms with Crippen LogP contribution < -0.4 is 10.6 Å². The molecular weight excluding hydrogens is 260 g/mol. The molecule has 1 saturated heterocycles. The number of hydrogen-bond donors (Lipinski definition) is 4. The third kappa shape index (κ3) is 3.71. The van der Waals surface area contributed by atoms with Crippen molar-refractivity contribution in [1.82, 2.24) is 5.32 Å². The lowest BCUT2D eigenvalue weighted by molar-refractivity contribution is -0.116. The van der Waals surface area contributed by atoms with E-state index in [2.05, 4.69) is 10.6 Å². The van der Waals surface area contributed by atoms with E-state index in [0.717, 1.165) is 25.9 Å². The molecule has 1 aromatic carbocycles. The van der Waals surface area contributed by atoms with Crippen LogP contribution in [-0.2, 0) is 4.79 Å². The second-order valence-electron chi connectivity index (χ2n) is 4.98. The van der Waals surface area contributed by atoms with E-state index >= 15 is 0 Å². The number of rotatable bonds is 5. The molecule has 1 heterocycles. The molecule has 6 heteroatoms. The first-order chi connectivity index (χ1) is 9.56. The van der Waals surface area contributed by atoms with E-state index in [4.69, 9.17) is 5.11 Å². The SMILES string of the molecule is O=C(CCC1CCNC1)Nc1ccc(O)c(C(=O)O)c1. The van der Waals surface area contributed by atoms with E-state index in [-0.39, 0.29) is 17.2 Å². The van der Waals surface area contributed by atoms with Crippen molar-refractivity contribution in [2.45, 2.75) is 19.3 Å². The molecule has 0 saturated carbocycles. The number of hydrogen-bond acceptors (Lipinski definition) is 4. The van der Waals surface area contributed by atoms with Gasteiger partial charge in [-0.3, -0.25) is 4.79 Å². The first kappa shape index (κ1) is 14.3. The molecule has 6 nitrogen and oxygen atoms in total. The van der Waals surface area contributed by atoms with Crippen LogP contribution in [0, 0.1) is 5.92 Å². The van der Waals surface area contributed by atoms with Gasteiger partial charge in [-0.05, 0) is 50.0 Å². The lowest BCUT2D eigenvalue weighted by atomic mass is 10.0. The van der Waals surface area contributed by atoms with Crippen LogP contribution >= 0.6 is 0 Å². The second kappa shape index (κ2) is 6.38. The molecule has 1 aliphatic rings. The van der Waals surface area contributed by atoms with Gasteiger partial charge in [0.05, 0.1) is 0 Å². The summed E-state index contributed by atoms with van der Waals surface area (Å²) in [5.41, 5.74) is 0.164. The predicted molar refractivity (Wildman–Crippen MR) is 73.9 cm³/mol. The molecule has 1 aromatic rings. The fourth-order valence-electron chi connectivity index (χ4n) is 2.30. The van der Waals surface area contributed by atoms with Gasteiger partial charge in [-0.25, -0.2) is 4.79 Å². The summed E-state index contributed by atoms with van der Waals surface area (Å²) in [6, 6.07) is 4.00. The standard InChI is InChI=1S/C14H18N2O4/c17-12-3-2-10(7-11(12)14(19)20)16-13(18)4-1-9-5-6-15-8-9/h2-3,7,9,15,17H,1,4-6,8H2,(H,16,18)(H,19,20). The summed E-state index contributed by atoms with van der Waals surface area (Å²) in [7, 11) is 0. The summed E-state index contributed by atoms with van der Waals surface area (Å²) in [5.74, 6) is -1.14. The zero-order valence-corrected chi connectivity index (χ0v) is 11.1. The van der Waals surface area contributed by atoms with E-state index in [0.29, 0.717) is 18.0 Å². The summed E-state index contributed by atoms with van der Waals surface area (Å²) < 4.78 is 0. The number of carbonyl (C=O) groups is 2. The van der Waals surface area contributed by atoms with Gasteiger partial charge >= 0.3 is 5.97 Å². The van der Waals surface area contributed by atoms with E-state index < -0.39 is 5.97 Å². The van der Waals surface area contributed by atoms with Crippen molar-refractivity contribution in [3.8, 4) is 5.75 Å². The molecule has 1 atom stereocenters. The van der Waals surface area contributed by atoms with Gasteiger partial charge in [0.1, 0.15) is 11.3 Å². The summed E-state index contributed by atoms with van der Waals surface area (Å²) in [4.78, 5) is 22.7. The van der Waals surface area contributed by atoms with Gasteiger partial charge in [-0.2, -0.15) is 0 Å². The van der Waals surface area contributed by atoms with Crippen molar-refractivity contribution in [3.63, 3.8) is 0 Å². The molecule has 20 heavy (non-hydrogen) atoms. The fourth-order valence-corrected chi connectivity index (χ4v) is 2.30. The Morgan fingerprint density at radius 1 is 1.40 bits per heavy atom. The predicted octanol–water partition coefficient (Wildman–Crippen LogP) is 1.42. The Balaban J connectivity index is 1.90. The molecular formula is C14H18N2O4. The Morgan fingerprint density at radius 2 is 2.20 bits per heavy atom. The van der Waals surface area contributed by atoms with Crippen molar-refractivity contribution in [3.05, 3.63) is 23.8 Å². The lowest BCUT2D eigenvalue weighted by Crippen LogP contribution is -2.15. The number of carbonyl (C=O) groups excluding carboxylic acids is 1. The van der Waals surface area contributed by atoms with E-state index in [1.54, 1.807) is 0 Å². The zero-order valence-electron chi connectivity index (χ0n) is 11.1. The Bertz CT molecular complexity index is 510. The van der Waals surface area contributed by atoms with Crippen molar-refractivity contribution in [2.24, 2.45) is 5.92 Å². The Hall–Kier alpha value is -2.08. The maximum absolute atomic E-state index is 11.8. The molecule has 0 aliphatic carbocycles. The van der Waals surface area contributed by atoms with Gasteiger partial charge in [0.15, 0.2) is 0 Å². The maximum atomic E-state index is 11.8. The van der Waals surface area contributed by atoms with Gasteiger partial charge < -0.3 is 20.8 Å². The average molecular weight is 278 g/mol. The second-order valence-corrected chi connectivity index (χ2v) is 4.98.